The first-order chi connectivity index (χ1) is 7.27. The lowest BCUT2D eigenvalue weighted by Gasteiger charge is -2.10. The molecule has 0 spiro atoms. The summed E-state index contributed by atoms with van der Waals surface area (Å²) in [6.07, 6.45) is 1.92. The van der Waals surface area contributed by atoms with Crippen molar-refractivity contribution in [2.45, 2.75) is 18.9 Å². The minimum Gasteiger partial charge on any atom is -0.409 e. The summed E-state index contributed by atoms with van der Waals surface area (Å²) in [5.41, 5.74) is 9.30. The molecule has 1 aromatic carbocycles. The second kappa shape index (κ2) is 3.90. The molecule has 1 aromatic rings. The van der Waals surface area contributed by atoms with Crippen molar-refractivity contribution in [3.05, 3.63) is 34.9 Å². The molecule has 0 radical (unpaired) electrons. The number of benzene rings is 1. The van der Waals surface area contributed by atoms with Crippen molar-refractivity contribution in [1.82, 2.24) is 5.32 Å². The molecular formula is C11H15N3O. The molecule has 1 aliphatic carbocycles. The number of nitrogens with one attached hydrogen (secondary N) is 1. The molecule has 1 atom stereocenters. The number of fused-ring (bicyclic) bond motifs is 1. The van der Waals surface area contributed by atoms with E-state index >= 15 is 0 Å². The van der Waals surface area contributed by atoms with E-state index in [2.05, 4.69) is 10.5 Å². The van der Waals surface area contributed by atoms with Crippen molar-refractivity contribution in [2.24, 2.45) is 10.9 Å². The van der Waals surface area contributed by atoms with E-state index in [4.69, 9.17) is 10.9 Å². The molecule has 2 rings (SSSR count). The average molecular weight is 205 g/mol. The summed E-state index contributed by atoms with van der Waals surface area (Å²) < 4.78 is 0. The van der Waals surface area contributed by atoms with Gasteiger partial charge in [0.15, 0.2) is 5.84 Å². The van der Waals surface area contributed by atoms with Crippen molar-refractivity contribution in [2.75, 3.05) is 7.05 Å². The number of hydrogen-bond donors (Lipinski definition) is 3. The SMILES string of the molecule is CN/C(=N\O)c1cccc2c1CC[C@H]2N. The maximum atomic E-state index is 8.87. The lowest BCUT2D eigenvalue weighted by Crippen LogP contribution is -2.21. The van der Waals surface area contributed by atoms with Crippen LogP contribution in [0.15, 0.2) is 23.4 Å². The van der Waals surface area contributed by atoms with Gasteiger partial charge in [-0.25, -0.2) is 0 Å². The van der Waals surface area contributed by atoms with E-state index in [1.165, 1.54) is 11.1 Å². The van der Waals surface area contributed by atoms with Crippen LogP contribution in [-0.4, -0.2) is 18.1 Å². The van der Waals surface area contributed by atoms with Gasteiger partial charge >= 0.3 is 0 Å². The van der Waals surface area contributed by atoms with Crippen LogP contribution in [0.5, 0.6) is 0 Å². The molecule has 1 aliphatic rings. The molecule has 15 heavy (non-hydrogen) atoms. The molecule has 4 heteroatoms. The smallest absolute Gasteiger partial charge is 0.172 e. The molecule has 4 N–H and O–H groups in total. The van der Waals surface area contributed by atoms with Gasteiger partial charge in [0.2, 0.25) is 0 Å². The van der Waals surface area contributed by atoms with Crippen LogP contribution >= 0.6 is 0 Å². The molecule has 0 aliphatic heterocycles. The summed E-state index contributed by atoms with van der Waals surface area (Å²) in [6.45, 7) is 0. The monoisotopic (exact) mass is 205 g/mol. The van der Waals surface area contributed by atoms with E-state index < -0.39 is 0 Å². The Balaban J connectivity index is 2.51. The quantitative estimate of drug-likeness (QED) is 0.277. The molecule has 0 bridgehead atoms. The highest BCUT2D eigenvalue weighted by Gasteiger charge is 2.22. The average Bonchev–Trinajstić information content (AvgIpc) is 2.64. The minimum absolute atomic E-state index is 0.122. The van der Waals surface area contributed by atoms with Gasteiger partial charge in [-0.1, -0.05) is 23.4 Å². The normalized spacial score (nSPS) is 20.1. The van der Waals surface area contributed by atoms with E-state index in [0.29, 0.717) is 5.84 Å². The van der Waals surface area contributed by atoms with Gasteiger partial charge in [-0.3, -0.25) is 0 Å². The predicted octanol–water partition coefficient (Wildman–Crippen LogP) is 0.988. The molecular weight excluding hydrogens is 190 g/mol. The first kappa shape index (κ1) is 9.98. The topological polar surface area (TPSA) is 70.6 Å². The van der Waals surface area contributed by atoms with E-state index in [1.807, 2.05) is 18.2 Å². The first-order valence-corrected chi connectivity index (χ1v) is 5.05. The van der Waals surface area contributed by atoms with Gasteiger partial charge in [-0.15, -0.1) is 0 Å². The Labute approximate surface area is 88.8 Å². The Bertz CT molecular complexity index is 401. The summed E-state index contributed by atoms with van der Waals surface area (Å²) in [5, 5.41) is 15.0. The second-order valence-corrected chi connectivity index (χ2v) is 3.72. The fraction of sp³-hybridized carbons (Fsp3) is 0.364. The Morgan fingerprint density at radius 3 is 3.07 bits per heavy atom. The summed E-state index contributed by atoms with van der Waals surface area (Å²) in [5.74, 6) is 0.501. The highest BCUT2D eigenvalue weighted by Crippen LogP contribution is 2.31. The van der Waals surface area contributed by atoms with Crippen LogP contribution < -0.4 is 11.1 Å². The number of nitrogens with zero attached hydrogens (tertiary/aromatic N) is 1. The van der Waals surface area contributed by atoms with Gasteiger partial charge in [0.25, 0.3) is 0 Å². The third-order valence-corrected chi connectivity index (χ3v) is 2.91. The molecule has 4 nitrogen and oxygen atoms in total. The largest absolute Gasteiger partial charge is 0.409 e. The molecule has 0 heterocycles. The number of amidine groups is 1. The van der Waals surface area contributed by atoms with Crippen LogP contribution in [0, 0.1) is 0 Å². The van der Waals surface area contributed by atoms with Crippen LogP contribution in [0.1, 0.15) is 29.2 Å². The van der Waals surface area contributed by atoms with Crippen LogP contribution in [0.2, 0.25) is 0 Å². The molecule has 0 unspecified atom stereocenters. The van der Waals surface area contributed by atoms with E-state index in [0.717, 1.165) is 18.4 Å². The van der Waals surface area contributed by atoms with Crippen molar-refractivity contribution < 1.29 is 5.21 Å². The Kier molecular flexibility index (Phi) is 2.60. The van der Waals surface area contributed by atoms with Crippen molar-refractivity contribution >= 4 is 5.84 Å². The highest BCUT2D eigenvalue weighted by molar-refractivity contribution is 6.00. The zero-order chi connectivity index (χ0) is 10.8. The molecule has 0 fully saturated rings. The van der Waals surface area contributed by atoms with Crippen LogP contribution in [0.25, 0.3) is 0 Å². The highest BCUT2D eigenvalue weighted by atomic mass is 16.4. The standard InChI is InChI=1S/C11H15N3O/c1-13-11(14-15)9-4-2-3-8-7(9)5-6-10(8)12/h2-4,10,15H,5-6,12H2,1H3,(H,13,14)/t10-/m1/s1. The maximum absolute atomic E-state index is 8.87. The van der Waals surface area contributed by atoms with E-state index in [-0.39, 0.29) is 6.04 Å². The Morgan fingerprint density at radius 2 is 2.40 bits per heavy atom. The molecule has 0 saturated carbocycles. The minimum atomic E-state index is 0.122. The lowest BCUT2D eigenvalue weighted by molar-refractivity contribution is 0.317. The third-order valence-electron chi connectivity index (χ3n) is 2.91. The Hall–Kier alpha value is -1.55. The van der Waals surface area contributed by atoms with Gasteiger partial charge < -0.3 is 16.3 Å². The summed E-state index contributed by atoms with van der Waals surface area (Å²) in [6, 6.07) is 6.06. The molecule has 0 saturated heterocycles. The summed E-state index contributed by atoms with van der Waals surface area (Å²) in [7, 11) is 1.74. The van der Waals surface area contributed by atoms with Gasteiger partial charge in [0.05, 0.1) is 0 Å². The third kappa shape index (κ3) is 1.57. The van der Waals surface area contributed by atoms with Gasteiger partial charge in [0.1, 0.15) is 0 Å². The zero-order valence-corrected chi connectivity index (χ0v) is 8.70. The summed E-state index contributed by atoms with van der Waals surface area (Å²) >= 11 is 0. The van der Waals surface area contributed by atoms with Crippen molar-refractivity contribution in [3.63, 3.8) is 0 Å². The molecule has 80 valence electrons. The lowest BCUT2D eigenvalue weighted by atomic mass is 10.0. The van der Waals surface area contributed by atoms with Crippen LogP contribution in [0.3, 0.4) is 0 Å². The van der Waals surface area contributed by atoms with Gasteiger partial charge in [0, 0.05) is 18.7 Å². The van der Waals surface area contributed by atoms with Gasteiger partial charge in [-0.05, 0) is 24.0 Å². The fourth-order valence-corrected chi connectivity index (χ4v) is 2.15. The predicted molar refractivity (Wildman–Crippen MR) is 59.1 cm³/mol. The van der Waals surface area contributed by atoms with E-state index in [1.54, 1.807) is 7.05 Å². The zero-order valence-electron chi connectivity index (χ0n) is 8.70. The summed E-state index contributed by atoms with van der Waals surface area (Å²) in [4.78, 5) is 0. The van der Waals surface area contributed by atoms with Crippen LogP contribution in [-0.2, 0) is 6.42 Å². The van der Waals surface area contributed by atoms with Crippen LogP contribution in [0.4, 0.5) is 0 Å². The van der Waals surface area contributed by atoms with Gasteiger partial charge in [-0.2, -0.15) is 0 Å². The Morgan fingerprint density at radius 1 is 1.60 bits per heavy atom. The number of oxime groups is 1. The van der Waals surface area contributed by atoms with Crippen molar-refractivity contribution in [1.29, 1.82) is 0 Å². The number of hydrogen-bond acceptors (Lipinski definition) is 3. The van der Waals surface area contributed by atoms with E-state index in [9.17, 15) is 0 Å². The first-order valence-electron chi connectivity index (χ1n) is 5.05. The maximum Gasteiger partial charge on any atom is 0.172 e. The fourth-order valence-electron chi connectivity index (χ4n) is 2.15. The second-order valence-electron chi connectivity index (χ2n) is 3.72. The molecule has 0 aromatic heterocycles. The molecule has 0 amide bonds. The number of nitrogens with two attached hydrogens (primary N) is 1. The number of rotatable bonds is 1. The van der Waals surface area contributed by atoms with Crippen molar-refractivity contribution in [3.8, 4) is 0 Å².